The van der Waals surface area contributed by atoms with Crippen molar-refractivity contribution in [1.82, 2.24) is 9.97 Å². The van der Waals surface area contributed by atoms with Gasteiger partial charge in [-0.1, -0.05) is 6.07 Å². The van der Waals surface area contributed by atoms with Gasteiger partial charge in [-0.3, -0.25) is 4.98 Å². The summed E-state index contributed by atoms with van der Waals surface area (Å²) in [5, 5.41) is 0. The average Bonchev–Trinajstić information content (AvgIpc) is 2.26. The first-order valence-electron chi connectivity index (χ1n) is 4.21. The van der Waals surface area contributed by atoms with Crippen LogP contribution >= 0.6 is 31.9 Å². The highest BCUT2D eigenvalue weighted by atomic mass is 79.9. The maximum absolute atomic E-state index is 5.72. The van der Waals surface area contributed by atoms with Crippen molar-refractivity contribution in [1.29, 1.82) is 0 Å². The van der Waals surface area contributed by atoms with Gasteiger partial charge in [-0.15, -0.1) is 0 Å². The number of nitrogens with zero attached hydrogens (tertiary/aromatic N) is 2. The van der Waals surface area contributed by atoms with E-state index in [-0.39, 0.29) is 0 Å². The molecule has 0 bridgehead atoms. The van der Waals surface area contributed by atoms with Gasteiger partial charge in [-0.25, -0.2) is 4.98 Å². The second-order valence-electron chi connectivity index (χ2n) is 2.90. The summed E-state index contributed by atoms with van der Waals surface area (Å²) in [6, 6.07) is 5.72. The number of nitrogens with two attached hydrogens (primary N) is 1. The van der Waals surface area contributed by atoms with Crippen LogP contribution in [-0.4, -0.2) is 9.97 Å². The molecule has 0 aromatic carbocycles. The van der Waals surface area contributed by atoms with E-state index < -0.39 is 0 Å². The van der Waals surface area contributed by atoms with E-state index in [0.717, 1.165) is 20.2 Å². The lowest BCUT2D eigenvalue weighted by Gasteiger charge is -2.07. The van der Waals surface area contributed by atoms with Gasteiger partial charge in [0.2, 0.25) is 0 Å². The predicted octanol–water partition coefficient (Wildman–Crippen LogP) is 3.25. The second kappa shape index (κ2) is 4.28. The molecule has 0 amide bonds. The lowest BCUT2D eigenvalue weighted by atomic mass is 10.2. The fraction of sp³-hybridized carbons (Fsp3) is 0. The Morgan fingerprint density at radius 1 is 1.13 bits per heavy atom. The number of hydrogen-bond acceptors (Lipinski definition) is 3. The highest BCUT2D eigenvalue weighted by Gasteiger charge is 2.11. The molecule has 15 heavy (non-hydrogen) atoms. The van der Waals surface area contributed by atoms with Crippen LogP contribution in [0.4, 0.5) is 5.82 Å². The van der Waals surface area contributed by atoms with Crippen molar-refractivity contribution < 1.29 is 0 Å². The van der Waals surface area contributed by atoms with E-state index in [1.165, 1.54) is 0 Å². The van der Waals surface area contributed by atoms with Gasteiger partial charge in [0.1, 0.15) is 5.82 Å². The summed E-state index contributed by atoms with van der Waals surface area (Å²) in [6.45, 7) is 0. The highest BCUT2D eigenvalue weighted by molar-refractivity contribution is 9.11. The van der Waals surface area contributed by atoms with E-state index in [4.69, 9.17) is 5.73 Å². The summed E-state index contributed by atoms with van der Waals surface area (Å²) in [5.74, 6) is 0.457. The standard InChI is InChI=1S/C10H7Br2N3/c11-6-5-15-10(13)9(12)8(6)7-3-1-2-4-14-7/h1-5H,(H2,13,15). The Balaban J connectivity index is 2.68. The molecule has 0 aliphatic rings. The molecule has 2 aromatic heterocycles. The number of halogens is 2. The minimum atomic E-state index is 0.457. The molecule has 3 nitrogen and oxygen atoms in total. The molecule has 0 spiro atoms. The molecule has 0 aliphatic heterocycles. The second-order valence-corrected chi connectivity index (χ2v) is 4.54. The summed E-state index contributed by atoms with van der Waals surface area (Å²) in [6.07, 6.45) is 3.41. The van der Waals surface area contributed by atoms with Gasteiger partial charge in [0.05, 0.1) is 10.2 Å². The van der Waals surface area contributed by atoms with Crippen LogP contribution in [-0.2, 0) is 0 Å². The zero-order valence-electron chi connectivity index (χ0n) is 7.61. The van der Waals surface area contributed by atoms with E-state index in [9.17, 15) is 0 Å². The van der Waals surface area contributed by atoms with Gasteiger partial charge in [-0.05, 0) is 44.0 Å². The van der Waals surface area contributed by atoms with E-state index >= 15 is 0 Å². The molecule has 2 rings (SSSR count). The zero-order valence-corrected chi connectivity index (χ0v) is 10.8. The van der Waals surface area contributed by atoms with Crippen molar-refractivity contribution in [3.05, 3.63) is 39.5 Å². The van der Waals surface area contributed by atoms with Crippen LogP contribution in [0, 0.1) is 0 Å². The summed E-state index contributed by atoms with van der Waals surface area (Å²) in [4.78, 5) is 8.29. The van der Waals surface area contributed by atoms with Gasteiger partial charge >= 0.3 is 0 Å². The predicted molar refractivity (Wildman–Crippen MR) is 67.3 cm³/mol. The van der Waals surface area contributed by atoms with Crippen LogP contribution in [0.25, 0.3) is 11.3 Å². The third-order valence-corrected chi connectivity index (χ3v) is 3.33. The minimum Gasteiger partial charge on any atom is -0.383 e. The normalized spacial score (nSPS) is 10.3. The number of nitrogen functional groups attached to an aromatic ring is 1. The largest absolute Gasteiger partial charge is 0.383 e. The Morgan fingerprint density at radius 3 is 2.60 bits per heavy atom. The molecular formula is C10H7Br2N3. The Bertz CT molecular complexity index is 486. The molecular weight excluding hydrogens is 322 g/mol. The Kier molecular flexibility index (Phi) is 3.02. The fourth-order valence-electron chi connectivity index (χ4n) is 1.23. The van der Waals surface area contributed by atoms with Crippen molar-refractivity contribution in [2.75, 3.05) is 5.73 Å². The van der Waals surface area contributed by atoms with Crippen molar-refractivity contribution in [3.63, 3.8) is 0 Å². The maximum atomic E-state index is 5.72. The fourth-order valence-corrected chi connectivity index (χ4v) is 2.51. The quantitative estimate of drug-likeness (QED) is 0.874. The van der Waals surface area contributed by atoms with Crippen molar-refractivity contribution >= 4 is 37.7 Å². The molecule has 0 atom stereocenters. The van der Waals surface area contributed by atoms with E-state index in [0.29, 0.717) is 5.82 Å². The third-order valence-electron chi connectivity index (χ3n) is 1.92. The number of pyridine rings is 2. The SMILES string of the molecule is Nc1ncc(Br)c(-c2ccccn2)c1Br. The van der Waals surface area contributed by atoms with Crippen molar-refractivity contribution in [2.24, 2.45) is 0 Å². The molecule has 0 radical (unpaired) electrons. The molecule has 0 saturated heterocycles. The lowest BCUT2D eigenvalue weighted by Crippen LogP contribution is -1.95. The van der Waals surface area contributed by atoms with Gasteiger partial charge < -0.3 is 5.73 Å². The maximum Gasteiger partial charge on any atom is 0.138 e. The van der Waals surface area contributed by atoms with Crippen LogP contribution in [0.5, 0.6) is 0 Å². The van der Waals surface area contributed by atoms with Crippen LogP contribution in [0.15, 0.2) is 39.5 Å². The molecule has 2 heterocycles. The lowest BCUT2D eigenvalue weighted by molar-refractivity contribution is 1.26. The first-order chi connectivity index (χ1) is 7.20. The first-order valence-corrected chi connectivity index (χ1v) is 5.79. The van der Waals surface area contributed by atoms with Gasteiger partial charge in [-0.2, -0.15) is 0 Å². The van der Waals surface area contributed by atoms with Gasteiger partial charge in [0.15, 0.2) is 0 Å². The Morgan fingerprint density at radius 2 is 1.93 bits per heavy atom. The highest BCUT2D eigenvalue weighted by Crippen LogP contribution is 2.35. The monoisotopic (exact) mass is 327 g/mol. The number of aromatic nitrogens is 2. The summed E-state index contributed by atoms with van der Waals surface area (Å²) in [7, 11) is 0. The molecule has 0 saturated carbocycles. The zero-order chi connectivity index (χ0) is 10.8. The summed E-state index contributed by atoms with van der Waals surface area (Å²) < 4.78 is 1.62. The van der Waals surface area contributed by atoms with E-state index in [2.05, 4.69) is 41.8 Å². The average molecular weight is 329 g/mol. The number of anilines is 1. The topological polar surface area (TPSA) is 51.8 Å². The van der Waals surface area contributed by atoms with Crippen LogP contribution in [0.3, 0.4) is 0 Å². The summed E-state index contributed by atoms with van der Waals surface area (Å²) in [5.41, 5.74) is 7.49. The van der Waals surface area contributed by atoms with Gasteiger partial charge in [0, 0.05) is 22.4 Å². The van der Waals surface area contributed by atoms with Crippen molar-refractivity contribution in [3.8, 4) is 11.3 Å². The minimum absolute atomic E-state index is 0.457. The van der Waals surface area contributed by atoms with Gasteiger partial charge in [0.25, 0.3) is 0 Å². The third kappa shape index (κ3) is 2.03. The smallest absolute Gasteiger partial charge is 0.138 e. The molecule has 5 heteroatoms. The number of hydrogen-bond donors (Lipinski definition) is 1. The molecule has 0 aliphatic carbocycles. The van der Waals surface area contributed by atoms with E-state index in [1.807, 2.05) is 18.2 Å². The first kappa shape index (κ1) is 10.6. The Labute approximate surface area is 104 Å². The molecule has 0 unspecified atom stereocenters. The van der Waals surface area contributed by atoms with E-state index in [1.54, 1.807) is 12.4 Å². The Hall–Kier alpha value is -0.940. The van der Waals surface area contributed by atoms with Crippen LogP contribution < -0.4 is 5.73 Å². The molecule has 76 valence electrons. The molecule has 2 N–H and O–H groups in total. The van der Waals surface area contributed by atoms with Crippen molar-refractivity contribution in [2.45, 2.75) is 0 Å². The summed E-state index contributed by atoms with van der Waals surface area (Å²) >= 11 is 6.84. The van der Waals surface area contributed by atoms with Crippen LogP contribution in [0.1, 0.15) is 0 Å². The molecule has 0 fully saturated rings. The van der Waals surface area contributed by atoms with Crippen LogP contribution in [0.2, 0.25) is 0 Å². The number of rotatable bonds is 1. The molecule has 2 aromatic rings.